The molecule has 0 aromatic rings. The highest BCUT2D eigenvalue weighted by Gasteiger charge is 2.22. The van der Waals surface area contributed by atoms with E-state index >= 15 is 0 Å². The Hall–Kier alpha value is -0.0800. The lowest BCUT2D eigenvalue weighted by Crippen LogP contribution is -2.41. The van der Waals surface area contributed by atoms with Gasteiger partial charge in [0.25, 0.3) is 0 Å². The summed E-state index contributed by atoms with van der Waals surface area (Å²) in [5, 5.41) is 3.40. The number of likely N-dealkylation sites (N-methyl/N-ethyl adjacent to an activating group) is 1. The summed E-state index contributed by atoms with van der Waals surface area (Å²) in [5.41, 5.74) is 0. The van der Waals surface area contributed by atoms with Gasteiger partial charge in [-0.1, -0.05) is 25.7 Å². The van der Waals surface area contributed by atoms with Gasteiger partial charge in [0.1, 0.15) is 0 Å². The quantitative estimate of drug-likeness (QED) is 0.754. The monoisotopic (exact) mass is 199 g/mol. The summed E-state index contributed by atoms with van der Waals surface area (Å²) in [6, 6.07) is 0.567. The number of hydrogen-bond acceptors (Lipinski definition) is 2. The molecule has 84 valence electrons. The molecule has 0 aliphatic heterocycles. The fourth-order valence-corrected chi connectivity index (χ4v) is 2.29. The minimum Gasteiger partial charge on any atom is -0.374 e. The van der Waals surface area contributed by atoms with Crippen LogP contribution in [0, 0.1) is 0 Å². The van der Waals surface area contributed by atoms with Gasteiger partial charge in [-0.2, -0.15) is 0 Å². The molecule has 0 aromatic carbocycles. The lowest BCUT2D eigenvalue weighted by atomic mass is 9.94. The first-order valence-electron chi connectivity index (χ1n) is 6.06. The Bertz CT molecular complexity index is 147. The molecule has 14 heavy (non-hydrogen) atoms. The Morgan fingerprint density at radius 1 is 1.07 bits per heavy atom. The lowest BCUT2D eigenvalue weighted by molar-refractivity contribution is -0.0225. The van der Waals surface area contributed by atoms with E-state index in [2.05, 4.69) is 26.2 Å². The number of hydrogen-bond donors (Lipinski definition) is 1. The summed E-state index contributed by atoms with van der Waals surface area (Å²) >= 11 is 0. The predicted octanol–water partition coefficient (Wildman–Crippen LogP) is 2.72. The average Bonchev–Trinajstić information content (AvgIpc) is 2.10. The largest absolute Gasteiger partial charge is 0.374 e. The highest BCUT2D eigenvalue weighted by molar-refractivity contribution is 4.78. The van der Waals surface area contributed by atoms with E-state index in [0.717, 1.165) is 0 Å². The van der Waals surface area contributed by atoms with E-state index < -0.39 is 0 Å². The molecule has 0 heterocycles. The smallest absolute Gasteiger partial charge is 0.0731 e. The molecule has 1 saturated carbocycles. The molecule has 0 radical (unpaired) electrons. The van der Waals surface area contributed by atoms with Crippen LogP contribution in [0.2, 0.25) is 0 Å². The van der Waals surface area contributed by atoms with Crippen LogP contribution in [-0.2, 0) is 4.74 Å². The molecule has 1 aliphatic rings. The standard InChI is InChI=1S/C12H25NO/c1-10(2)14-12-9-7-5-4-6-8-11(12)13-3/h10-13H,4-9H2,1-3H3. The summed E-state index contributed by atoms with van der Waals surface area (Å²) in [6.45, 7) is 4.26. The van der Waals surface area contributed by atoms with Crippen LogP contribution in [0.4, 0.5) is 0 Å². The summed E-state index contributed by atoms with van der Waals surface area (Å²) in [4.78, 5) is 0. The zero-order chi connectivity index (χ0) is 10.4. The van der Waals surface area contributed by atoms with Crippen LogP contribution >= 0.6 is 0 Å². The van der Waals surface area contributed by atoms with Crippen molar-refractivity contribution < 1.29 is 4.74 Å². The fourth-order valence-electron chi connectivity index (χ4n) is 2.29. The van der Waals surface area contributed by atoms with Crippen molar-refractivity contribution >= 4 is 0 Å². The van der Waals surface area contributed by atoms with Gasteiger partial charge >= 0.3 is 0 Å². The second-order valence-electron chi connectivity index (χ2n) is 4.61. The van der Waals surface area contributed by atoms with Crippen molar-refractivity contribution in [3.8, 4) is 0 Å². The number of rotatable bonds is 3. The Balaban J connectivity index is 2.45. The third-order valence-corrected chi connectivity index (χ3v) is 3.02. The van der Waals surface area contributed by atoms with Crippen LogP contribution < -0.4 is 5.32 Å². The van der Waals surface area contributed by atoms with Crippen LogP contribution in [0.1, 0.15) is 52.4 Å². The molecule has 0 saturated heterocycles. The van der Waals surface area contributed by atoms with E-state index in [-0.39, 0.29) is 0 Å². The molecule has 2 atom stereocenters. The molecule has 2 heteroatoms. The van der Waals surface area contributed by atoms with Gasteiger partial charge < -0.3 is 10.1 Å². The molecule has 1 aliphatic carbocycles. The van der Waals surface area contributed by atoms with Crippen molar-refractivity contribution in [1.29, 1.82) is 0 Å². The molecule has 0 bridgehead atoms. The molecule has 0 aromatic heterocycles. The Morgan fingerprint density at radius 2 is 1.71 bits per heavy atom. The minimum atomic E-state index is 0.357. The second-order valence-corrected chi connectivity index (χ2v) is 4.61. The molecule has 0 amide bonds. The van der Waals surface area contributed by atoms with Crippen molar-refractivity contribution in [2.45, 2.75) is 70.6 Å². The lowest BCUT2D eigenvalue weighted by Gasteiger charge is -2.30. The van der Waals surface area contributed by atoms with Crippen molar-refractivity contribution in [1.82, 2.24) is 5.32 Å². The fraction of sp³-hybridized carbons (Fsp3) is 1.00. The summed E-state index contributed by atoms with van der Waals surface area (Å²) < 4.78 is 5.97. The van der Waals surface area contributed by atoms with Crippen molar-refractivity contribution in [2.24, 2.45) is 0 Å². The van der Waals surface area contributed by atoms with Crippen molar-refractivity contribution in [3.63, 3.8) is 0 Å². The van der Waals surface area contributed by atoms with Gasteiger partial charge in [0.2, 0.25) is 0 Å². The van der Waals surface area contributed by atoms with E-state index in [0.29, 0.717) is 18.2 Å². The summed E-state index contributed by atoms with van der Waals surface area (Å²) in [5.74, 6) is 0. The van der Waals surface area contributed by atoms with Crippen LogP contribution in [0.25, 0.3) is 0 Å². The average molecular weight is 199 g/mol. The Kier molecular flexibility index (Phi) is 5.49. The van der Waals surface area contributed by atoms with Gasteiger partial charge in [0.05, 0.1) is 12.2 Å². The normalized spacial score (nSPS) is 30.0. The van der Waals surface area contributed by atoms with Crippen molar-refractivity contribution in [2.75, 3.05) is 7.05 Å². The molecular weight excluding hydrogens is 174 g/mol. The van der Waals surface area contributed by atoms with Gasteiger partial charge in [-0.25, -0.2) is 0 Å². The maximum absolute atomic E-state index is 5.97. The molecular formula is C12H25NO. The molecule has 0 spiro atoms. The molecule has 1 N–H and O–H groups in total. The third-order valence-electron chi connectivity index (χ3n) is 3.02. The van der Waals surface area contributed by atoms with Crippen LogP contribution in [0.5, 0.6) is 0 Å². The number of nitrogens with one attached hydrogen (secondary N) is 1. The van der Waals surface area contributed by atoms with Crippen LogP contribution in [0.15, 0.2) is 0 Å². The first-order valence-corrected chi connectivity index (χ1v) is 6.06. The third kappa shape index (κ3) is 3.97. The molecule has 1 rings (SSSR count). The maximum Gasteiger partial charge on any atom is 0.0731 e. The second kappa shape index (κ2) is 6.41. The van der Waals surface area contributed by atoms with Crippen LogP contribution in [0.3, 0.4) is 0 Å². The summed E-state index contributed by atoms with van der Waals surface area (Å²) in [7, 11) is 2.06. The molecule has 2 nitrogen and oxygen atoms in total. The maximum atomic E-state index is 5.97. The topological polar surface area (TPSA) is 21.3 Å². The van der Waals surface area contributed by atoms with Gasteiger partial charge in [0.15, 0.2) is 0 Å². The van der Waals surface area contributed by atoms with Gasteiger partial charge in [-0.05, 0) is 33.7 Å². The Labute approximate surface area is 88.4 Å². The van der Waals surface area contributed by atoms with E-state index in [9.17, 15) is 0 Å². The van der Waals surface area contributed by atoms with Crippen molar-refractivity contribution in [3.05, 3.63) is 0 Å². The van der Waals surface area contributed by atoms with E-state index in [1.807, 2.05) is 0 Å². The first kappa shape index (κ1) is 12.0. The first-order chi connectivity index (χ1) is 6.74. The Morgan fingerprint density at radius 3 is 2.29 bits per heavy atom. The summed E-state index contributed by atoms with van der Waals surface area (Å²) in [6.07, 6.45) is 8.74. The highest BCUT2D eigenvalue weighted by atomic mass is 16.5. The van der Waals surface area contributed by atoms with E-state index in [1.54, 1.807) is 0 Å². The predicted molar refractivity (Wildman–Crippen MR) is 60.6 cm³/mol. The SMILES string of the molecule is CNC1CCCCCCC1OC(C)C. The minimum absolute atomic E-state index is 0.357. The molecule has 2 unspecified atom stereocenters. The molecule has 1 fully saturated rings. The zero-order valence-electron chi connectivity index (χ0n) is 9.88. The van der Waals surface area contributed by atoms with Crippen LogP contribution in [-0.4, -0.2) is 25.3 Å². The van der Waals surface area contributed by atoms with E-state index in [1.165, 1.54) is 38.5 Å². The highest BCUT2D eigenvalue weighted by Crippen LogP contribution is 2.20. The number of ether oxygens (including phenoxy) is 1. The van der Waals surface area contributed by atoms with Gasteiger partial charge in [0, 0.05) is 6.04 Å². The zero-order valence-corrected chi connectivity index (χ0v) is 9.88. The van der Waals surface area contributed by atoms with Gasteiger partial charge in [-0.3, -0.25) is 0 Å². The van der Waals surface area contributed by atoms with Gasteiger partial charge in [-0.15, -0.1) is 0 Å². The van der Waals surface area contributed by atoms with E-state index in [4.69, 9.17) is 4.74 Å².